The molecule has 2 aromatic carbocycles. The predicted molar refractivity (Wildman–Crippen MR) is 121 cm³/mol. The minimum atomic E-state index is -4.53. The molecule has 0 bridgehead atoms. The molecule has 1 amide bonds. The number of amides is 1. The molecule has 1 N–H and O–H groups in total. The molecule has 3 rings (SSSR count). The molecule has 1 aromatic heterocycles. The van der Waals surface area contributed by atoms with Crippen LogP contribution in [-0.4, -0.2) is 10.5 Å². The Morgan fingerprint density at radius 1 is 1.12 bits per heavy atom. The fourth-order valence-corrected chi connectivity index (χ4v) is 3.62. The minimum absolute atomic E-state index is 0.0400. The van der Waals surface area contributed by atoms with Crippen molar-refractivity contribution in [3.05, 3.63) is 86.7 Å². The summed E-state index contributed by atoms with van der Waals surface area (Å²) >= 11 is 3.48. The lowest BCUT2D eigenvalue weighted by Gasteiger charge is -2.11. The van der Waals surface area contributed by atoms with Crippen LogP contribution in [0.2, 0.25) is 0 Å². The zero-order valence-corrected chi connectivity index (χ0v) is 19.1. The van der Waals surface area contributed by atoms with E-state index in [1.165, 1.54) is 18.2 Å². The van der Waals surface area contributed by atoms with Gasteiger partial charge in [0.15, 0.2) is 0 Å². The monoisotopic (exact) mass is 501 g/mol. The Hall–Kier alpha value is -3.31. The third-order valence-corrected chi connectivity index (χ3v) is 5.87. The molecule has 0 saturated heterocycles. The Labute approximate surface area is 192 Å². The normalized spacial score (nSPS) is 11.9. The van der Waals surface area contributed by atoms with Crippen LogP contribution in [0.25, 0.3) is 11.8 Å². The molecule has 0 atom stereocenters. The first-order chi connectivity index (χ1) is 15.0. The highest BCUT2D eigenvalue weighted by atomic mass is 79.9. The lowest BCUT2D eigenvalue weighted by Crippen LogP contribution is -2.14. The molecule has 164 valence electrons. The largest absolute Gasteiger partial charge is 0.416 e. The Bertz CT molecular complexity index is 1270. The van der Waals surface area contributed by atoms with Gasteiger partial charge in [0, 0.05) is 27.2 Å². The molecule has 0 unspecified atom stereocenters. The second kappa shape index (κ2) is 9.05. The lowest BCUT2D eigenvalue weighted by molar-refractivity contribution is -0.137. The molecule has 0 radical (unpaired) electrons. The number of benzene rings is 2. The van der Waals surface area contributed by atoms with E-state index in [4.69, 9.17) is 0 Å². The van der Waals surface area contributed by atoms with E-state index in [9.17, 15) is 23.2 Å². The summed E-state index contributed by atoms with van der Waals surface area (Å²) in [6.45, 7) is 5.76. The van der Waals surface area contributed by atoms with Crippen LogP contribution in [0.5, 0.6) is 0 Å². The summed E-state index contributed by atoms with van der Waals surface area (Å²) < 4.78 is 41.7. The van der Waals surface area contributed by atoms with Crippen LogP contribution in [0.3, 0.4) is 0 Å². The number of aryl methyl sites for hydroxylation is 2. The number of nitrogens with zero attached hydrogens (tertiary/aromatic N) is 2. The summed E-state index contributed by atoms with van der Waals surface area (Å²) in [6.07, 6.45) is -3.09. The molecule has 1 heterocycles. The number of carbonyl (C=O) groups is 1. The highest BCUT2D eigenvalue weighted by Crippen LogP contribution is 2.31. The second-order valence-electron chi connectivity index (χ2n) is 7.30. The smallest absolute Gasteiger partial charge is 0.321 e. The van der Waals surface area contributed by atoms with E-state index in [1.807, 2.05) is 55.7 Å². The van der Waals surface area contributed by atoms with E-state index in [-0.39, 0.29) is 11.3 Å². The zero-order valence-electron chi connectivity index (χ0n) is 17.5. The number of halogens is 4. The molecule has 0 aliphatic heterocycles. The summed E-state index contributed by atoms with van der Waals surface area (Å²) in [6, 6.07) is 13.9. The van der Waals surface area contributed by atoms with Gasteiger partial charge in [-0.3, -0.25) is 4.79 Å². The predicted octanol–water partition coefficient (Wildman–Crippen LogP) is 6.73. The van der Waals surface area contributed by atoms with Crippen molar-refractivity contribution < 1.29 is 18.0 Å². The van der Waals surface area contributed by atoms with E-state index in [0.29, 0.717) is 5.56 Å². The molecule has 0 fully saturated rings. The summed E-state index contributed by atoms with van der Waals surface area (Å²) in [5, 5.41) is 11.9. The van der Waals surface area contributed by atoms with Crippen LogP contribution in [-0.2, 0) is 11.0 Å². The maximum Gasteiger partial charge on any atom is 0.416 e. The van der Waals surface area contributed by atoms with Gasteiger partial charge in [-0.2, -0.15) is 18.4 Å². The summed E-state index contributed by atoms with van der Waals surface area (Å²) in [5.41, 5.74) is 3.26. The third kappa shape index (κ3) is 4.94. The molecular weight excluding hydrogens is 483 g/mol. The molecule has 0 saturated carbocycles. The first-order valence-electron chi connectivity index (χ1n) is 9.57. The van der Waals surface area contributed by atoms with Gasteiger partial charge in [0.2, 0.25) is 0 Å². The molecule has 0 spiro atoms. The van der Waals surface area contributed by atoms with Crippen LogP contribution >= 0.6 is 15.9 Å². The molecule has 3 aromatic rings. The van der Waals surface area contributed by atoms with Crippen molar-refractivity contribution in [3.8, 4) is 11.8 Å². The van der Waals surface area contributed by atoms with E-state index < -0.39 is 17.6 Å². The summed E-state index contributed by atoms with van der Waals surface area (Å²) in [4.78, 5) is 12.6. The van der Waals surface area contributed by atoms with Crippen LogP contribution in [0.4, 0.5) is 18.9 Å². The Morgan fingerprint density at radius 2 is 1.84 bits per heavy atom. The Kier molecular flexibility index (Phi) is 6.60. The minimum Gasteiger partial charge on any atom is -0.321 e. The van der Waals surface area contributed by atoms with Crippen molar-refractivity contribution in [1.82, 2.24) is 4.57 Å². The van der Waals surface area contributed by atoms with E-state index in [1.54, 1.807) is 0 Å². The van der Waals surface area contributed by atoms with Crippen molar-refractivity contribution in [2.45, 2.75) is 26.9 Å². The van der Waals surface area contributed by atoms with Gasteiger partial charge in [-0.15, -0.1) is 0 Å². The highest BCUT2D eigenvalue weighted by molar-refractivity contribution is 9.10. The van der Waals surface area contributed by atoms with Gasteiger partial charge in [-0.25, -0.2) is 0 Å². The number of rotatable bonds is 4. The van der Waals surface area contributed by atoms with Crippen molar-refractivity contribution in [2.75, 3.05) is 5.32 Å². The van der Waals surface area contributed by atoms with Gasteiger partial charge < -0.3 is 9.88 Å². The maximum atomic E-state index is 12.9. The summed E-state index contributed by atoms with van der Waals surface area (Å²) in [5.74, 6) is -0.781. The average Bonchev–Trinajstić information content (AvgIpc) is 3.00. The molecule has 32 heavy (non-hydrogen) atoms. The van der Waals surface area contributed by atoms with Crippen molar-refractivity contribution in [3.63, 3.8) is 0 Å². The van der Waals surface area contributed by atoms with Crippen LogP contribution in [0.1, 0.15) is 28.1 Å². The second-order valence-corrected chi connectivity index (χ2v) is 8.15. The quantitative estimate of drug-likeness (QED) is 0.318. The first-order valence-corrected chi connectivity index (χ1v) is 10.4. The van der Waals surface area contributed by atoms with E-state index >= 15 is 0 Å². The lowest BCUT2D eigenvalue weighted by atomic mass is 10.1. The number of anilines is 1. The first kappa shape index (κ1) is 23.4. The van der Waals surface area contributed by atoms with Gasteiger partial charge in [0.1, 0.15) is 11.6 Å². The van der Waals surface area contributed by atoms with E-state index in [2.05, 4.69) is 21.2 Å². The SMILES string of the molecule is Cc1cc(-n2c(C)cc(/C=C(/C#N)C(=O)Nc3cccc(C(F)(F)F)c3)c2C)ccc1Br. The van der Waals surface area contributed by atoms with Crippen LogP contribution < -0.4 is 5.32 Å². The zero-order chi connectivity index (χ0) is 23.6. The number of hydrogen-bond donors (Lipinski definition) is 1. The molecule has 0 aliphatic rings. The number of nitriles is 1. The van der Waals surface area contributed by atoms with Gasteiger partial charge >= 0.3 is 6.18 Å². The highest BCUT2D eigenvalue weighted by Gasteiger charge is 2.30. The fraction of sp³-hybridized carbons (Fsp3) is 0.167. The van der Waals surface area contributed by atoms with Crippen molar-refractivity contribution in [1.29, 1.82) is 5.26 Å². The Balaban J connectivity index is 1.92. The molecule has 8 heteroatoms. The van der Waals surface area contributed by atoms with E-state index in [0.717, 1.165) is 39.2 Å². The maximum absolute atomic E-state index is 12.9. The number of aromatic nitrogens is 1. The number of carbonyl (C=O) groups excluding carboxylic acids is 1. The molecule has 4 nitrogen and oxygen atoms in total. The van der Waals surface area contributed by atoms with Crippen LogP contribution in [0, 0.1) is 32.1 Å². The third-order valence-electron chi connectivity index (χ3n) is 4.98. The van der Waals surface area contributed by atoms with Gasteiger partial charge in [-0.05, 0) is 80.4 Å². The topological polar surface area (TPSA) is 57.8 Å². The molecule has 0 aliphatic carbocycles. The number of nitrogens with one attached hydrogen (secondary N) is 1. The van der Waals surface area contributed by atoms with Crippen LogP contribution in [0.15, 0.2) is 58.6 Å². The standard InChI is InChI=1S/C24H19BrF3N3O/c1-14-9-21(7-8-22(14)25)31-15(2)10-17(16(31)3)11-18(13-29)23(32)30-20-6-4-5-19(12-20)24(26,27)28/h4-12H,1-3H3,(H,30,32)/b18-11-. The number of alkyl halides is 3. The average molecular weight is 502 g/mol. The summed E-state index contributed by atoms with van der Waals surface area (Å²) in [7, 11) is 0. The van der Waals surface area contributed by atoms with Gasteiger partial charge in [0.05, 0.1) is 5.56 Å². The number of hydrogen-bond acceptors (Lipinski definition) is 2. The fourth-order valence-electron chi connectivity index (χ4n) is 3.37. The van der Waals surface area contributed by atoms with Crippen molar-refractivity contribution in [2.24, 2.45) is 0 Å². The molecular formula is C24H19BrF3N3O. The van der Waals surface area contributed by atoms with Gasteiger partial charge in [-0.1, -0.05) is 22.0 Å². The van der Waals surface area contributed by atoms with Crippen molar-refractivity contribution >= 4 is 33.6 Å². The Morgan fingerprint density at radius 3 is 2.47 bits per heavy atom. The van der Waals surface area contributed by atoms with Gasteiger partial charge in [0.25, 0.3) is 5.91 Å².